The molecule has 4 N–H and O–H groups in total. The number of nitrogens with one attached hydrogen (secondary N) is 2. The largest absolute Gasteiger partial charge is 0.479 e. The summed E-state index contributed by atoms with van der Waals surface area (Å²) in [5.74, 6) is 0.856. The normalized spacial score (nSPS) is 15.6. The van der Waals surface area contributed by atoms with Crippen LogP contribution in [-0.2, 0) is 4.79 Å². The van der Waals surface area contributed by atoms with Crippen molar-refractivity contribution in [3.8, 4) is 12.3 Å². The van der Waals surface area contributed by atoms with Crippen molar-refractivity contribution in [3.63, 3.8) is 0 Å². The van der Waals surface area contributed by atoms with Gasteiger partial charge in [-0.2, -0.15) is 0 Å². The van der Waals surface area contributed by atoms with E-state index in [2.05, 4.69) is 16.6 Å². The molecule has 15 heavy (non-hydrogen) atoms. The summed E-state index contributed by atoms with van der Waals surface area (Å²) in [5.41, 5.74) is -1.99. The van der Waals surface area contributed by atoms with Gasteiger partial charge in [-0.1, -0.05) is 5.92 Å². The third kappa shape index (κ3) is 4.88. The lowest BCUT2D eigenvalue weighted by atomic mass is 10.1. The Morgan fingerprint density at radius 2 is 2.13 bits per heavy atom. The van der Waals surface area contributed by atoms with Crippen LogP contribution in [0.2, 0.25) is 0 Å². The summed E-state index contributed by atoms with van der Waals surface area (Å²) >= 11 is 0. The molecule has 0 aromatic rings. The Labute approximate surface area is 87.7 Å². The average molecular weight is 214 g/mol. The number of amides is 2. The van der Waals surface area contributed by atoms with E-state index in [1.807, 2.05) is 0 Å². The first-order chi connectivity index (χ1) is 6.79. The predicted molar refractivity (Wildman–Crippen MR) is 53.1 cm³/mol. The van der Waals surface area contributed by atoms with Gasteiger partial charge >= 0.3 is 12.0 Å². The van der Waals surface area contributed by atoms with Crippen LogP contribution in [0.5, 0.6) is 0 Å². The summed E-state index contributed by atoms with van der Waals surface area (Å²) in [7, 11) is 0. The van der Waals surface area contributed by atoms with Crippen molar-refractivity contribution in [1.82, 2.24) is 10.6 Å². The van der Waals surface area contributed by atoms with E-state index < -0.39 is 30.2 Å². The fraction of sp³-hybridized carbons (Fsp3) is 0.556. The second kappa shape index (κ2) is 5.22. The van der Waals surface area contributed by atoms with Gasteiger partial charge in [0.1, 0.15) is 0 Å². The molecule has 0 spiro atoms. The van der Waals surface area contributed by atoms with E-state index in [9.17, 15) is 14.7 Å². The lowest BCUT2D eigenvalue weighted by Crippen LogP contribution is -2.50. The highest BCUT2D eigenvalue weighted by Crippen LogP contribution is 2.00. The third-order valence-corrected chi connectivity index (χ3v) is 1.65. The predicted octanol–water partition coefficient (Wildman–Crippen LogP) is -0.857. The molecule has 2 atom stereocenters. The average Bonchev–Trinajstić information content (AvgIpc) is 2.14. The van der Waals surface area contributed by atoms with Gasteiger partial charge in [-0.15, -0.1) is 6.42 Å². The fourth-order valence-corrected chi connectivity index (χ4v) is 0.617. The van der Waals surface area contributed by atoms with E-state index in [0.29, 0.717) is 0 Å². The van der Waals surface area contributed by atoms with Crippen molar-refractivity contribution in [2.45, 2.75) is 25.5 Å². The van der Waals surface area contributed by atoms with Gasteiger partial charge in [0.05, 0.1) is 12.6 Å². The number of carbonyl (C=O) groups is 2. The molecule has 0 saturated carbocycles. The molecule has 0 aromatic carbocycles. The minimum absolute atomic E-state index is 0.397. The molecular weight excluding hydrogens is 200 g/mol. The summed E-state index contributed by atoms with van der Waals surface area (Å²) in [6.45, 7) is 2.28. The zero-order valence-corrected chi connectivity index (χ0v) is 8.57. The molecule has 0 aliphatic rings. The van der Waals surface area contributed by atoms with Crippen LogP contribution in [0.3, 0.4) is 0 Å². The number of terminal acetylenes is 1. The van der Waals surface area contributed by atoms with Crippen molar-refractivity contribution in [2.75, 3.05) is 6.54 Å². The monoisotopic (exact) mass is 214 g/mol. The molecule has 2 amide bonds. The zero-order chi connectivity index (χ0) is 12.1. The maximum absolute atomic E-state index is 11.1. The van der Waals surface area contributed by atoms with Crippen LogP contribution in [-0.4, -0.2) is 40.4 Å². The van der Waals surface area contributed by atoms with E-state index in [1.54, 1.807) is 6.92 Å². The topological polar surface area (TPSA) is 98.7 Å². The smallest absolute Gasteiger partial charge is 0.337 e. The minimum Gasteiger partial charge on any atom is -0.479 e. The Morgan fingerprint density at radius 1 is 1.60 bits per heavy atom. The molecule has 0 rings (SSSR count). The maximum Gasteiger partial charge on any atom is 0.337 e. The molecule has 0 aromatic heterocycles. The number of urea groups is 1. The maximum atomic E-state index is 11.1. The Morgan fingerprint density at radius 3 is 2.53 bits per heavy atom. The van der Waals surface area contributed by atoms with Crippen molar-refractivity contribution in [2.24, 2.45) is 0 Å². The molecule has 0 aliphatic heterocycles. The number of carboxylic acids is 1. The first-order valence-corrected chi connectivity index (χ1v) is 4.26. The van der Waals surface area contributed by atoms with E-state index in [4.69, 9.17) is 11.5 Å². The number of aliphatic hydroxyl groups is 1. The lowest BCUT2D eigenvalue weighted by Gasteiger charge is -2.18. The van der Waals surface area contributed by atoms with Crippen molar-refractivity contribution in [1.29, 1.82) is 0 Å². The second-order valence-electron chi connectivity index (χ2n) is 3.29. The number of hydrogen-bond acceptors (Lipinski definition) is 3. The number of aliphatic carboxylic acids is 1. The summed E-state index contributed by atoms with van der Waals surface area (Å²) in [4.78, 5) is 21.5. The first-order valence-electron chi connectivity index (χ1n) is 4.26. The quantitative estimate of drug-likeness (QED) is 0.458. The Balaban J connectivity index is 4.02. The van der Waals surface area contributed by atoms with Crippen molar-refractivity contribution >= 4 is 12.0 Å². The molecule has 0 radical (unpaired) electrons. The van der Waals surface area contributed by atoms with Crippen LogP contribution in [0.4, 0.5) is 4.79 Å². The van der Waals surface area contributed by atoms with Gasteiger partial charge in [0.2, 0.25) is 0 Å². The summed E-state index contributed by atoms with van der Waals surface area (Å²) in [6.07, 6.45) is 5.01. The lowest BCUT2D eigenvalue weighted by molar-refractivity contribution is -0.155. The molecule has 0 heterocycles. The van der Waals surface area contributed by atoms with Crippen LogP contribution in [0.25, 0.3) is 0 Å². The highest BCUT2D eigenvalue weighted by molar-refractivity contribution is 5.79. The summed E-state index contributed by atoms with van der Waals surface area (Å²) in [5, 5.41) is 22.3. The molecule has 0 fully saturated rings. The van der Waals surface area contributed by atoms with Crippen LogP contribution in [0.15, 0.2) is 0 Å². The second-order valence-corrected chi connectivity index (χ2v) is 3.29. The van der Waals surface area contributed by atoms with Crippen molar-refractivity contribution < 1.29 is 19.8 Å². The molecule has 6 nitrogen and oxygen atoms in total. The number of rotatable bonds is 4. The Hall–Kier alpha value is -1.74. The van der Waals surface area contributed by atoms with E-state index in [1.165, 1.54) is 0 Å². The first kappa shape index (κ1) is 13.3. The molecule has 84 valence electrons. The molecule has 0 bridgehead atoms. The summed E-state index contributed by atoms with van der Waals surface area (Å²) in [6, 6.07) is -1.08. The number of hydrogen-bond donors (Lipinski definition) is 4. The van der Waals surface area contributed by atoms with Gasteiger partial charge in [0.15, 0.2) is 5.60 Å². The molecule has 6 heteroatoms. The zero-order valence-electron chi connectivity index (χ0n) is 8.57. The highest BCUT2D eigenvalue weighted by atomic mass is 16.4. The van der Waals surface area contributed by atoms with Crippen LogP contribution < -0.4 is 10.6 Å². The fourth-order valence-electron chi connectivity index (χ4n) is 0.617. The van der Waals surface area contributed by atoms with Gasteiger partial charge < -0.3 is 20.8 Å². The standard InChI is InChI=1S/C9H14N2O4/c1-4-6(2)11-8(14)10-5-9(3,15)7(12)13/h1,6,15H,5H2,2-3H3,(H,12,13)(H2,10,11,14). The number of carbonyl (C=O) groups excluding carboxylic acids is 1. The van der Waals surface area contributed by atoms with Gasteiger partial charge in [-0.25, -0.2) is 9.59 Å². The van der Waals surface area contributed by atoms with E-state index in [0.717, 1.165) is 6.92 Å². The van der Waals surface area contributed by atoms with Gasteiger partial charge in [0, 0.05) is 0 Å². The Kier molecular flexibility index (Phi) is 4.61. The molecule has 0 aliphatic carbocycles. The summed E-state index contributed by atoms with van der Waals surface area (Å²) < 4.78 is 0. The third-order valence-electron chi connectivity index (χ3n) is 1.65. The van der Waals surface area contributed by atoms with Gasteiger partial charge in [-0.3, -0.25) is 0 Å². The number of carboxylic acid groups (broad SMARTS) is 1. The van der Waals surface area contributed by atoms with E-state index >= 15 is 0 Å². The molecule has 2 unspecified atom stereocenters. The Bertz CT molecular complexity index is 293. The van der Waals surface area contributed by atoms with Gasteiger partial charge in [-0.05, 0) is 13.8 Å². The minimum atomic E-state index is -1.99. The van der Waals surface area contributed by atoms with Crippen molar-refractivity contribution in [3.05, 3.63) is 0 Å². The van der Waals surface area contributed by atoms with E-state index in [-0.39, 0.29) is 0 Å². The van der Waals surface area contributed by atoms with Crippen LogP contribution >= 0.6 is 0 Å². The molecule has 0 saturated heterocycles. The van der Waals surface area contributed by atoms with Crippen LogP contribution in [0.1, 0.15) is 13.8 Å². The van der Waals surface area contributed by atoms with Gasteiger partial charge in [0.25, 0.3) is 0 Å². The molecular formula is C9H14N2O4. The highest BCUT2D eigenvalue weighted by Gasteiger charge is 2.30. The van der Waals surface area contributed by atoms with Crippen LogP contribution in [0, 0.1) is 12.3 Å². The SMILES string of the molecule is C#CC(C)NC(=O)NCC(C)(O)C(=O)O.